The van der Waals surface area contributed by atoms with Crippen LogP contribution in [0.5, 0.6) is 0 Å². The van der Waals surface area contributed by atoms with E-state index in [1.54, 1.807) is 4.90 Å². The molecule has 4 aliphatic rings. The lowest BCUT2D eigenvalue weighted by Crippen LogP contribution is -2.53. The third-order valence-corrected chi connectivity index (χ3v) is 6.41. The van der Waals surface area contributed by atoms with E-state index >= 15 is 0 Å². The third-order valence-electron chi connectivity index (χ3n) is 6.41. The summed E-state index contributed by atoms with van der Waals surface area (Å²) in [5.41, 5.74) is -0.387. The van der Waals surface area contributed by atoms with E-state index in [2.05, 4.69) is 4.90 Å². The second-order valence-corrected chi connectivity index (χ2v) is 7.92. The van der Waals surface area contributed by atoms with Gasteiger partial charge in [-0.1, -0.05) is 12.8 Å². The van der Waals surface area contributed by atoms with Crippen LogP contribution in [0.15, 0.2) is 0 Å². The summed E-state index contributed by atoms with van der Waals surface area (Å²) >= 11 is 0. The number of likely N-dealkylation sites (tertiary alicyclic amines) is 2. The molecule has 1 spiro atoms. The number of carbonyl (C=O) groups excluding carboxylic acids is 3. The topological polar surface area (TPSA) is 70.2 Å². The standard InChI is InChI=1S/C18H27N3O4/c22-15(12-19-10-11-25-17(19)24)20-9-7-18(13-20)6-3-8-21(16(18)23)14-4-1-2-5-14/h14H,1-13H2/t18-/m1/s1. The Morgan fingerprint density at radius 1 is 1.08 bits per heavy atom. The molecule has 0 N–H and O–H groups in total. The summed E-state index contributed by atoms with van der Waals surface area (Å²) in [6, 6.07) is 0.411. The van der Waals surface area contributed by atoms with Gasteiger partial charge in [-0.15, -0.1) is 0 Å². The number of carbonyl (C=O) groups is 3. The molecule has 0 aromatic carbocycles. The second-order valence-electron chi connectivity index (χ2n) is 7.92. The number of amides is 3. The molecule has 0 radical (unpaired) electrons. The van der Waals surface area contributed by atoms with Gasteiger partial charge in [-0.25, -0.2) is 4.79 Å². The van der Waals surface area contributed by atoms with Crippen molar-refractivity contribution < 1.29 is 19.1 Å². The molecule has 7 heteroatoms. The highest BCUT2D eigenvalue weighted by molar-refractivity contribution is 5.87. The van der Waals surface area contributed by atoms with Gasteiger partial charge in [0.15, 0.2) is 0 Å². The Morgan fingerprint density at radius 2 is 1.88 bits per heavy atom. The van der Waals surface area contributed by atoms with Crippen molar-refractivity contribution >= 4 is 17.9 Å². The molecule has 1 atom stereocenters. The van der Waals surface area contributed by atoms with E-state index in [1.807, 2.05) is 0 Å². The first-order valence-electron chi connectivity index (χ1n) is 9.60. The van der Waals surface area contributed by atoms with Crippen LogP contribution in [0.2, 0.25) is 0 Å². The molecule has 3 amide bonds. The molecule has 4 fully saturated rings. The van der Waals surface area contributed by atoms with Crippen LogP contribution in [-0.2, 0) is 14.3 Å². The highest BCUT2D eigenvalue weighted by atomic mass is 16.6. The van der Waals surface area contributed by atoms with Gasteiger partial charge in [0.2, 0.25) is 11.8 Å². The first kappa shape index (κ1) is 16.7. The Hall–Kier alpha value is -1.79. The van der Waals surface area contributed by atoms with E-state index in [0.717, 1.165) is 38.6 Å². The molecule has 138 valence electrons. The lowest BCUT2D eigenvalue weighted by molar-refractivity contribution is -0.148. The summed E-state index contributed by atoms with van der Waals surface area (Å²) < 4.78 is 4.88. The Kier molecular flexibility index (Phi) is 4.33. The molecule has 3 aliphatic heterocycles. The van der Waals surface area contributed by atoms with Gasteiger partial charge in [0.1, 0.15) is 13.2 Å². The number of cyclic esters (lactones) is 1. The van der Waals surface area contributed by atoms with Crippen LogP contribution >= 0.6 is 0 Å². The molecule has 0 unspecified atom stereocenters. The minimum absolute atomic E-state index is 0.0649. The van der Waals surface area contributed by atoms with Crippen LogP contribution in [0.1, 0.15) is 44.9 Å². The molecule has 7 nitrogen and oxygen atoms in total. The van der Waals surface area contributed by atoms with E-state index < -0.39 is 6.09 Å². The summed E-state index contributed by atoms with van der Waals surface area (Å²) in [7, 11) is 0. The van der Waals surface area contributed by atoms with Gasteiger partial charge < -0.3 is 14.5 Å². The predicted molar refractivity (Wildman–Crippen MR) is 89.8 cm³/mol. The fourth-order valence-corrected chi connectivity index (χ4v) is 4.96. The largest absolute Gasteiger partial charge is 0.448 e. The Labute approximate surface area is 148 Å². The zero-order chi connectivity index (χ0) is 17.4. The van der Waals surface area contributed by atoms with Gasteiger partial charge >= 0.3 is 6.09 Å². The zero-order valence-corrected chi connectivity index (χ0v) is 14.7. The minimum Gasteiger partial charge on any atom is -0.448 e. The van der Waals surface area contributed by atoms with Crippen LogP contribution in [-0.4, -0.2) is 78.0 Å². The molecule has 25 heavy (non-hydrogen) atoms. The van der Waals surface area contributed by atoms with Gasteiger partial charge in [-0.05, 0) is 32.1 Å². The van der Waals surface area contributed by atoms with Crippen molar-refractivity contribution in [3.8, 4) is 0 Å². The maximum absolute atomic E-state index is 13.2. The van der Waals surface area contributed by atoms with E-state index in [9.17, 15) is 14.4 Å². The molecule has 1 aliphatic carbocycles. The van der Waals surface area contributed by atoms with Gasteiger partial charge in [0, 0.05) is 25.7 Å². The molecule has 0 aromatic heterocycles. The van der Waals surface area contributed by atoms with Crippen LogP contribution in [0.4, 0.5) is 4.79 Å². The monoisotopic (exact) mass is 349 g/mol. The zero-order valence-electron chi connectivity index (χ0n) is 14.7. The average molecular weight is 349 g/mol. The number of hydrogen-bond acceptors (Lipinski definition) is 4. The van der Waals surface area contributed by atoms with Crippen LogP contribution < -0.4 is 0 Å². The molecule has 3 saturated heterocycles. The normalized spacial score (nSPS) is 30.6. The average Bonchev–Trinajstić information content (AvgIpc) is 3.33. The van der Waals surface area contributed by atoms with Crippen LogP contribution in [0.25, 0.3) is 0 Å². The van der Waals surface area contributed by atoms with Crippen LogP contribution in [0, 0.1) is 5.41 Å². The molecule has 3 heterocycles. The smallest absolute Gasteiger partial charge is 0.410 e. The minimum atomic E-state index is -0.414. The van der Waals surface area contributed by atoms with Crippen molar-refractivity contribution in [1.82, 2.24) is 14.7 Å². The van der Waals surface area contributed by atoms with Crippen molar-refractivity contribution in [3.63, 3.8) is 0 Å². The second kappa shape index (κ2) is 6.50. The highest BCUT2D eigenvalue weighted by Crippen LogP contribution is 2.42. The van der Waals surface area contributed by atoms with Crippen molar-refractivity contribution in [2.24, 2.45) is 5.41 Å². The molecule has 4 rings (SSSR count). The van der Waals surface area contributed by atoms with Crippen molar-refractivity contribution in [3.05, 3.63) is 0 Å². The van der Waals surface area contributed by atoms with Crippen molar-refractivity contribution in [1.29, 1.82) is 0 Å². The number of hydrogen-bond donors (Lipinski definition) is 0. The van der Waals surface area contributed by atoms with E-state index in [4.69, 9.17) is 4.74 Å². The highest BCUT2D eigenvalue weighted by Gasteiger charge is 2.50. The van der Waals surface area contributed by atoms with E-state index in [1.165, 1.54) is 17.7 Å². The van der Waals surface area contributed by atoms with Crippen LogP contribution in [0.3, 0.4) is 0 Å². The van der Waals surface area contributed by atoms with Gasteiger partial charge in [-0.3, -0.25) is 14.5 Å². The summed E-state index contributed by atoms with van der Waals surface area (Å²) in [6.07, 6.45) is 6.95. The molecule has 0 bridgehead atoms. The molecular weight excluding hydrogens is 322 g/mol. The molecular formula is C18H27N3O4. The Morgan fingerprint density at radius 3 is 2.60 bits per heavy atom. The maximum Gasteiger partial charge on any atom is 0.410 e. The first-order chi connectivity index (χ1) is 12.1. The lowest BCUT2D eigenvalue weighted by Gasteiger charge is -2.42. The SMILES string of the molecule is O=C(CN1CCOC1=O)N1CC[C@]2(CCCN(C3CCCC3)C2=O)C1. The fraction of sp³-hybridized carbons (Fsp3) is 0.833. The lowest BCUT2D eigenvalue weighted by atomic mass is 9.77. The molecule has 0 aromatic rings. The first-order valence-corrected chi connectivity index (χ1v) is 9.60. The van der Waals surface area contributed by atoms with Crippen molar-refractivity contribution in [2.75, 3.05) is 39.3 Å². The fourth-order valence-electron chi connectivity index (χ4n) is 4.96. The Balaban J connectivity index is 1.40. The van der Waals surface area contributed by atoms with Gasteiger partial charge in [0.05, 0.1) is 12.0 Å². The number of rotatable bonds is 3. The number of nitrogens with zero attached hydrogens (tertiary/aromatic N) is 3. The summed E-state index contributed by atoms with van der Waals surface area (Å²) in [5, 5.41) is 0. The summed E-state index contributed by atoms with van der Waals surface area (Å²) in [5.74, 6) is 0.197. The summed E-state index contributed by atoms with van der Waals surface area (Å²) in [6.45, 7) is 2.89. The maximum atomic E-state index is 13.2. The van der Waals surface area contributed by atoms with Gasteiger partial charge in [-0.2, -0.15) is 0 Å². The van der Waals surface area contributed by atoms with E-state index in [0.29, 0.717) is 32.3 Å². The Bertz CT molecular complexity index is 575. The van der Waals surface area contributed by atoms with Gasteiger partial charge in [0.25, 0.3) is 0 Å². The molecule has 1 saturated carbocycles. The predicted octanol–water partition coefficient (Wildman–Crippen LogP) is 1.22. The third kappa shape index (κ3) is 2.98. The summed E-state index contributed by atoms with van der Waals surface area (Å²) in [4.78, 5) is 42.6. The van der Waals surface area contributed by atoms with Crippen molar-refractivity contribution in [2.45, 2.75) is 51.0 Å². The quantitative estimate of drug-likeness (QED) is 0.768. The van der Waals surface area contributed by atoms with E-state index in [-0.39, 0.29) is 23.8 Å². The number of piperidine rings is 1. The number of ether oxygens (including phenoxy) is 1.